The molecule has 0 unspecified atom stereocenters. The van der Waals surface area contributed by atoms with E-state index in [2.05, 4.69) is 15.0 Å². The van der Waals surface area contributed by atoms with E-state index in [-0.39, 0.29) is 0 Å². The maximum atomic E-state index is 4.38. The molecule has 0 saturated heterocycles. The van der Waals surface area contributed by atoms with E-state index in [1.807, 2.05) is 46.4 Å². The lowest BCUT2D eigenvalue weighted by molar-refractivity contribution is 1.18. The van der Waals surface area contributed by atoms with Crippen LogP contribution in [0.25, 0.3) is 5.65 Å². The Kier molecular flexibility index (Phi) is 2.23. The van der Waals surface area contributed by atoms with Crippen LogP contribution >= 0.6 is 11.5 Å². The van der Waals surface area contributed by atoms with Gasteiger partial charge in [-0.3, -0.25) is 3.79 Å². The fourth-order valence-corrected chi connectivity index (χ4v) is 2.12. The largest absolute Gasteiger partial charge is 0.253 e. The number of pyridine rings is 2. The third-order valence-corrected chi connectivity index (χ3v) is 2.90. The summed E-state index contributed by atoms with van der Waals surface area (Å²) in [4.78, 5) is 13.6. The average molecular weight is 228 g/mol. The first-order valence-electron chi connectivity index (χ1n) is 4.82. The summed E-state index contributed by atoms with van der Waals surface area (Å²) >= 11 is 1.49. The number of aromatic nitrogens is 3. The second kappa shape index (κ2) is 3.86. The maximum Gasteiger partial charge on any atom is 0.229 e. The zero-order valence-corrected chi connectivity index (χ0v) is 9.13. The van der Waals surface area contributed by atoms with E-state index >= 15 is 0 Å². The summed E-state index contributed by atoms with van der Waals surface area (Å²) in [6.45, 7) is 0. The highest BCUT2D eigenvalue weighted by molar-refractivity contribution is 7.03. The lowest BCUT2D eigenvalue weighted by Crippen LogP contribution is -1.95. The number of hydrogen-bond acceptors (Lipinski definition) is 4. The predicted octanol–water partition coefficient (Wildman–Crippen LogP) is 2.02. The monoisotopic (exact) mass is 228 g/mol. The highest BCUT2D eigenvalue weighted by atomic mass is 32.1. The van der Waals surface area contributed by atoms with Crippen LogP contribution < -0.4 is 4.80 Å². The van der Waals surface area contributed by atoms with Crippen LogP contribution in [0.4, 0.5) is 5.82 Å². The van der Waals surface area contributed by atoms with E-state index in [1.54, 1.807) is 6.20 Å². The van der Waals surface area contributed by atoms with Gasteiger partial charge in [0.1, 0.15) is 5.65 Å². The van der Waals surface area contributed by atoms with Gasteiger partial charge in [-0.2, -0.15) is 9.98 Å². The van der Waals surface area contributed by atoms with Crippen LogP contribution in [-0.2, 0) is 0 Å². The van der Waals surface area contributed by atoms with Crippen LogP contribution in [0.2, 0.25) is 0 Å². The quantitative estimate of drug-likeness (QED) is 0.639. The van der Waals surface area contributed by atoms with Gasteiger partial charge in [-0.25, -0.2) is 4.98 Å². The molecule has 3 heterocycles. The lowest BCUT2D eigenvalue weighted by Gasteiger charge is -1.85. The zero-order valence-electron chi connectivity index (χ0n) is 8.32. The van der Waals surface area contributed by atoms with Gasteiger partial charge in [0, 0.05) is 12.4 Å². The minimum Gasteiger partial charge on any atom is -0.253 e. The SMILES string of the molecule is c1ccc(/N=c2/nc3ccccn3s2)nc1. The van der Waals surface area contributed by atoms with Gasteiger partial charge < -0.3 is 0 Å². The Morgan fingerprint density at radius 2 is 2.06 bits per heavy atom. The van der Waals surface area contributed by atoms with Crippen molar-refractivity contribution in [2.45, 2.75) is 0 Å². The van der Waals surface area contributed by atoms with Crippen molar-refractivity contribution < 1.29 is 0 Å². The minimum atomic E-state index is 0.683. The van der Waals surface area contributed by atoms with Gasteiger partial charge in [0.25, 0.3) is 0 Å². The first kappa shape index (κ1) is 9.23. The van der Waals surface area contributed by atoms with Gasteiger partial charge >= 0.3 is 0 Å². The smallest absolute Gasteiger partial charge is 0.229 e. The van der Waals surface area contributed by atoms with Crippen LogP contribution in [0.3, 0.4) is 0 Å². The molecule has 0 aromatic carbocycles. The Balaban J connectivity index is 2.16. The van der Waals surface area contributed by atoms with E-state index in [1.165, 1.54) is 11.5 Å². The Labute approximate surface area is 95.7 Å². The number of hydrogen-bond donors (Lipinski definition) is 0. The molecule has 78 valence electrons. The molecular weight excluding hydrogens is 220 g/mol. The summed E-state index contributed by atoms with van der Waals surface area (Å²) in [6.07, 6.45) is 3.68. The normalized spacial score (nSPS) is 12.1. The van der Waals surface area contributed by atoms with Crippen LogP contribution in [0.5, 0.6) is 0 Å². The Morgan fingerprint density at radius 1 is 1.12 bits per heavy atom. The molecule has 0 aliphatic rings. The fourth-order valence-electron chi connectivity index (χ4n) is 1.35. The van der Waals surface area contributed by atoms with Crippen molar-refractivity contribution >= 4 is 23.0 Å². The van der Waals surface area contributed by atoms with Gasteiger partial charge in [-0.1, -0.05) is 12.1 Å². The third-order valence-electron chi connectivity index (χ3n) is 2.05. The summed E-state index contributed by atoms with van der Waals surface area (Å²) < 4.78 is 1.97. The van der Waals surface area contributed by atoms with Gasteiger partial charge in [0.05, 0.1) is 0 Å². The second-order valence-corrected chi connectivity index (χ2v) is 4.11. The first-order valence-corrected chi connectivity index (χ1v) is 5.60. The van der Waals surface area contributed by atoms with Crippen molar-refractivity contribution in [2.75, 3.05) is 0 Å². The molecule has 16 heavy (non-hydrogen) atoms. The number of fused-ring (bicyclic) bond motifs is 1. The zero-order chi connectivity index (χ0) is 10.8. The van der Waals surface area contributed by atoms with Crippen LogP contribution in [0.1, 0.15) is 0 Å². The molecule has 0 fully saturated rings. The molecule has 0 bridgehead atoms. The molecule has 0 N–H and O–H groups in total. The molecule has 0 spiro atoms. The molecule has 0 amide bonds. The third kappa shape index (κ3) is 1.72. The molecule has 3 aromatic heterocycles. The molecular formula is C11H8N4S. The molecule has 0 atom stereocenters. The van der Waals surface area contributed by atoms with Gasteiger partial charge in [-0.05, 0) is 35.8 Å². The van der Waals surface area contributed by atoms with Crippen molar-refractivity contribution in [2.24, 2.45) is 4.99 Å². The Morgan fingerprint density at radius 3 is 2.88 bits per heavy atom. The van der Waals surface area contributed by atoms with E-state index < -0.39 is 0 Å². The molecule has 5 heteroatoms. The summed E-state index contributed by atoms with van der Waals surface area (Å²) in [5, 5.41) is 0. The standard InChI is InChI=1S/C11H8N4S/c1-3-7-12-9(5-1)13-11-14-10-6-2-4-8-15(10)16-11/h1-8H/b13-11-. The van der Waals surface area contributed by atoms with Crippen molar-refractivity contribution in [1.82, 2.24) is 13.8 Å². The maximum absolute atomic E-state index is 4.38. The molecule has 3 rings (SSSR count). The van der Waals surface area contributed by atoms with E-state index in [4.69, 9.17) is 0 Å². The Bertz CT molecular complexity index is 633. The van der Waals surface area contributed by atoms with Gasteiger partial charge in [0.2, 0.25) is 4.80 Å². The number of rotatable bonds is 1. The fraction of sp³-hybridized carbons (Fsp3) is 0. The minimum absolute atomic E-state index is 0.683. The van der Waals surface area contributed by atoms with Gasteiger partial charge in [-0.15, -0.1) is 0 Å². The lowest BCUT2D eigenvalue weighted by atomic mass is 10.5. The van der Waals surface area contributed by atoms with Crippen molar-refractivity contribution in [3.63, 3.8) is 0 Å². The molecule has 0 saturated carbocycles. The summed E-state index contributed by atoms with van der Waals surface area (Å²) in [6, 6.07) is 11.5. The van der Waals surface area contributed by atoms with E-state index in [9.17, 15) is 0 Å². The Hall–Kier alpha value is -2.01. The highest BCUT2D eigenvalue weighted by Gasteiger charge is 1.95. The van der Waals surface area contributed by atoms with Crippen LogP contribution in [-0.4, -0.2) is 13.8 Å². The van der Waals surface area contributed by atoms with E-state index in [0.29, 0.717) is 10.6 Å². The predicted molar refractivity (Wildman–Crippen MR) is 62.5 cm³/mol. The molecule has 0 aliphatic heterocycles. The molecule has 3 aromatic rings. The van der Waals surface area contributed by atoms with Crippen LogP contribution in [0, 0.1) is 0 Å². The van der Waals surface area contributed by atoms with Crippen molar-refractivity contribution in [3.8, 4) is 0 Å². The van der Waals surface area contributed by atoms with Crippen LogP contribution in [0.15, 0.2) is 53.8 Å². The molecule has 0 radical (unpaired) electrons. The number of nitrogens with zero attached hydrogens (tertiary/aromatic N) is 4. The summed E-state index contributed by atoms with van der Waals surface area (Å²) in [7, 11) is 0. The highest BCUT2D eigenvalue weighted by Crippen LogP contribution is 2.05. The summed E-state index contributed by atoms with van der Waals surface area (Å²) in [5.74, 6) is 0.683. The van der Waals surface area contributed by atoms with Crippen molar-refractivity contribution in [1.29, 1.82) is 0 Å². The van der Waals surface area contributed by atoms with Crippen molar-refractivity contribution in [3.05, 3.63) is 53.6 Å². The van der Waals surface area contributed by atoms with Gasteiger partial charge in [0.15, 0.2) is 5.82 Å². The molecule has 0 aliphatic carbocycles. The molecule has 4 nitrogen and oxygen atoms in total. The second-order valence-electron chi connectivity index (χ2n) is 3.17. The average Bonchev–Trinajstić information content (AvgIpc) is 2.72. The first-order chi connectivity index (χ1) is 7.92. The topological polar surface area (TPSA) is 42.5 Å². The summed E-state index contributed by atoms with van der Waals surface area (Å²) in [5.41, 5.74) is 0.905. The van der Waals surface area contributed by atoms with E-state index in [0.717, 1.165) is 5.65 Å².